The van der Waals surface area contributed by atoms with Crippen molar-refractivity contribution in [2.24, 2.45) is 10.8 Å². The van der Waals surface area contributed by atoms with Crippen molar-refractivity contribution in [3.63, 3.8) is 0 Å². The summed E-state index contributed by atoms with van der Waals surface area (Å²) in [6.07, 6.45) is 0. The van der Waals surface area contributed by atoms with E-state index >= 15 is 0 Å². The van der Waals surface area contributed by atoms with Crippen molar-refractivity contribution in [3.8, 4) is 11.4 Å². The Balaban J connectivity index is 1.93. The minimum Gasteiger partial charge on any atom is -0.262 e. The van der Waals surface area contributed by atoms with Crippen molar-refractivity contribution < 1.29 is 0 Å². The van der Waals surface area contributed by atoms with Crippen LogP contribution in [-0.4, -0.2) is 15.2 Å². The van der Waals surface area contributed by atoms with Gasteiger partial charge in [0.1, 0.15) is 5.82 Å². The number of hydrogen-bond donors (Lipinski definition) is 1. The fourth-order valence-corrected chi connectivity index (χ4v) is 3.00. The van der Waals surface area contributed by atoms with Crippen LogP contribution in [0, 0.1) is 10.8 Å². The van der Waals surface area contributed by atoms with Crippen molar-refractivity contribution in [3.05, 3.63) is 36.2 Å². The van der Waals surface area contributed by atoms with Gasteiger partial charge in [-0.25, -0.2) is 4.98 Å². The number of rotatable bonds is 2. The van der Waals surface area contributed by atoms with Crippen LogP contribution in [-0.2, 0) is 0 Å². The van der Waals surface area contributed by atoms with Gasteiger partial charge in [-0.3, -0.25) is 5.10 Å². The Labute approximate surface area is 108 Å². The average molecular weight is 241 g/mol. The monoisotopic (exact) mass is 241 g/mol. The summed E-state index contributed by atoms with van der Waals surface area (Å²) in [6, 6.07) is 10.1. The highest BCUT2D eigenvalue weighted by atomic mass is 15.2. The van der Waals surface area contributed by atoms with Crippen LogP contribution in [0.5, 0.6) is 0 Å². The summed E-state index contributed by atoms with van der Waals surface area (Å²) in [5.74, 6) is 2.28. The van der Waals surface area contributed by atoms with Crippen LogP contribution in [0.25, 0.3) is 11.4 Å². The van der Waals surface area contributed by atoms with E-state index in [1.807, 2.05) is 30.3 Å². The molecule has 0 unspecified atom stereocenters. The van der Waals surface area contributed by atoms with Gasteiger partial charge in [-0.05, 0) is 10.8 Å². The van der Waals surface area contributed by atoms with Crippen molar-refractivity contribution >= 4 is 0 Å². The Bertz CT molecular complexity index is 552. The first kappa shape index (κ1) is 11.5. The maximum Gasteiger partial charge on any atom is 0.181 e. The highest BCUT2D eigenvalue weighted by Crippen LogP contribution is 2.72. The molecule has 0 amide bonds. The molecule has 1 fully saturated rings. The predicted octanol–water partition coefficient (Wildman–Crippen LogP) is 3.62. The summed E-state index contributed by atoms with van der Waals surface area (Å²) in [5, 5.41) is 7.46. The molecule has 1 aliphatic carbocycles. The first-order valence-electron chi connectivity index (χ1n) is 6.42. The smallest absolute Gasteiger partial charge is 0.181 e. The third-order valence-corrected chi connectivity index (χ3v) is 4.83. The van der Waals surface area contributed by atoms with Crippen LogP contribution >= 0.6 is 0 Å². The molecule has 18 heavy (non-hydrogen) atoms. The highest BCUT2D eigenvalue weighted by molar-refractivity contribution is 5.54. The first-order valence-corrected chi connectivity index (χ1v) is 6.42. The molecule has 0 spiro atoms. The average Bonchev–Trinajstić information content (AvgIpc) is 2.72. The molecule has 1 aliphatic rings. The second kappa shape index (κ2) is 3.44. The number of nitrogens with zero attached hydrogens (tertiary/aromatic N) is 2. The fourth-order valence-electron chi connectivity index (χ4n) is 3.00. The minimum atomic E-state index is 0.292. The normalized spacial score (nSPS) is 20.9. The standard InChI is InChI=1S/C15H19N3/c1-14(2)11(15(14,3)4)13-16-12(17-18-13)10-8-6-5-7-9-10/h5-9,11H,1-4H3,(H,16,17,18). The second-order valence-corrected chi connectivity index (χ2v) is 6.29. The molecule has 1 saturated carbocycles. The Morgan fingerprint density at radius 3 is 2.17 bits per heavy atom. The van der Waals surface area contributed by atoms with Crippen LogP contribution in [0.15, 0.2) is 30.3 Å². The zero-order chi connectivity index (χ0) is 13.0. The largest absolute Gasteiger partial charge is 0.262 e. The molecule has 2 aromatic rings. The Hall–Kier alpha value is -1.64. The van der Waals surface area contributed by atoms with E-state index in [-0.39, 0.29) is 0 Å². The molecule has 94 valence electrons. The predicted molar refractivity (Wildman–Crippen MR) is 72.1 cm³/mol. The second-order valence-electron chi connectivity index (χ2n) is 6.29. The number of aromatic amines is 1. The van der Waals surface area contributed by atoms with E-state index < -0.39 is 0 Å². The summed E-state index contributed by atoms with van der Waals surface area (Å²) >= 11 is 0. The van der Waals surface area contributed by atoms with Gasteiger partial charge in [0.2, 0.25) is 0 Å². The molecule has 1 heterocycles. The van der Waals surface area contributed by atoms with E-state index in [1.54, 1.807) is 0 Å². The fraction of sp³-hybridized carbons (Fsp3) is 0.467. The Morgan fingerprint density at radius 2 is 1.61 bits per heavy atom. The van der Waals surface area contributed by atoms with Gasteiger partial charge in [-0.15, -0.1) is 0 Å². The third kappa shape index (κ3) is 1.43. The van der Waals surface area contributed by atoms with Crippen molar-refractivity contribution in [2.75, 3.05) is 0 Å². The van der Waals surface area contributed by atoms with Crippen molar-refractivity contribution in [1.82, 2.24) is 15.2 Å². The zero-order valence-electron chi connectivity index (χ0n) is 11.4. The Morgan fingerprint density at radius 1 is 1.00 bits per heavy atom. The molecule has 1 N–H and O–H groups in total. The van der Waals surface area contributed by atoms with E-state index in [0.717, 1.165) is 17.2 Å². The number of H-pyrrole nitrogens is 1. The lowest BCUT2D eigenvalue weighted by molar-refractivity contribution is 0.457. The quantitative estimate of drug-likeness (QED) is 0.872. The number of nitrogens with one attached hydrogen (secondary N) is 1. The maximum atomic E-state index is 4.67. The molecule has 0 aliphatic heterocycles. The van der Waals surface area contributed by atoms with Gasteiger partial charge in [-0.2, -0.15) is 5.10 Å². The minimum absolute atomic E-state index is 0.292. The topological polar surface area (TPSA) is 41.6 Å². The van der Waals surface area contributed by atoms with Crippen LogP contribution < -0.4 is 0 Å². The van der Waals surface area contributed by atoms with Gasteiger partial charge < -0.3 is 0 Å². The lowest BCUT2D eigenvalue weighted by Crippen LogP contribution is -1.95. The molecule has 3 nitrogen and oxygen atoms in total. The van der Waals surface area contributed by atoms with Crippen LogP contribution in [0.2, 0.25) is 0 Å². The van der Waals surface area contributed by atoms with E-state index in [2.05, 4.69) is 42.9 Å². The highest BCUT2D eigenvalue weighted by Gasteiger charge is 2.66. The van der Waals surface area contributed by atoms with Gasteiger partial charge >= 0.3 is 0 Å². The van der Waals surface area contributed by atoms with E-state index in [4.69, 9.17) is 0 Å². The first-order chi connectivity index (χ1) is 8.44. The number of hydrogen-bond acceptors (Lipinski definition) is 2. The van der Waals surface area contributed by atoms with E-state index in [9.17, 15) is 0 Å². The zero-order valence-corrected chi connectivity index (χ0v) is 11.4. The van der Waals surface area contributed by atoms with Gasteiger partial charge in [0.15, 0.2) is 5.82 Å². The van der Waals surface area contributed by atoms with Gasteiger partial charge in [0, 0.05) is 11.5 Å². The van der Waals surface area contributed by atoms with Crippen LogP contribution in [0.3, 0.4) is 0 Å². The molecule has 3 rings (SSSR count). The summed E-state index contributed by atoms with van der Waals surface area (Å²) < 4.78 is 0. The lowest BCUT2D eigenvalue weighted by atomic mass is 10.0. The van der Waals surface area contributed by atoms with Crippen LogP contribution in [0.1, 0.15) is 39.4 Å². The maximum absolute atomic E-state index is 4.67. The van der Waals surface area contributed by atoms with Crippen LogP contribution in [0.4, 0.5) is 0 Å². The molecular formula is C15H19N3. The summed E-state index contributed by atoms with van der Waals surface area (Å²) in [5.41, 5.74) is 1.65. The molecule has 0 radical (unpaired) electrons. The SMILES string of the molecule is CC1(C)C(c2nc(-c3ccccc3)n[nH]2)C1(C)C. The van der Waals surface area contributed by atoms with Gasteiger partial charge in [0.25, 0.3) is 0 Å². The van der Waals surface area contributed by atoms with Gasteiger partial charge in [-0.1, -0.05) is 58.0 Å². The number of aromatic nitrogens is 3. The lowest BCUT2D eigenvalue weighted by Gasteiger charge is -2.03. The molecule has 1 aromatic heterocycles. The van der Waals surface area contributed by atoms with Crippen molar-refractivity contribution in [1.29, 1.82) is 0 Å². The molecule has 3 heteroatoms. The van der Waals surface area contributed by atoms with Gasteiger partial charge in [0.05, 0.1) is 0 Å². The molecule has 1 aromatic carbocycles. The molecule has 0 bridgehead atoms. The van der Waals surface area contributed by atoms with E-state index in [1.165, 1.54) is 0 Å². The summed E-state index contributed by atoms with van der Waals surface area (Å²) in [6.45, 7) is 9.18. The molecular weight excluding hydrogens is 222 g/mol. The molecule has 0 saturated heterocycles. The van der Waals surface area contributed by atoms with E-state index in [0.29, 0.717) is 16.7 Å². The third-order valence-electron chi connectivity index (χ3n) is 4.83. The Kier molecular flexibility index (Phi) is 2.19. The summed E-state index contributed by atoms with van der Waals surface area (Å²) in [4.78, 5) is 4.67. The summed E-state index contributed by atoms with van der Waals surface area (Å²) in [7, 11) is 0. The van der Waals surface area contributed by atoms with Crippen molar-refractivity contribution in [2.45, 2.75) is 33.6 Å². The molecule has 0 atom stereocenters. The number of benzene rings is 1.